The normalized spacial score (nSPS) is 12.9. The lowest BCUT2D eigenvalue weighted by Gasteiger charge is -2.11. The van der Waals surface area contributed by atoms with E-state index in [0.29, 0.717) is 11.3 Å². The lowest BCUT2D eigenvalue weighted by atomic mass is 10.1. The van der Waals surface area contributed by atoms with Crippen molar-refractivity contribution in [2.45, 2.75) is 31.2 Å². The second-order valence-electron chi connectivity index (χ2n) is 6.30. The standard InChI is InChI=1S/C18H21N3O3S.ClH/c1-12(2)21-25(23,24)16-6-4-15(5-7-16)20-18(22)14-3-8-17-13(11-14)9-10-19-17;/h3-8,11-12,19,21H,9-10H2,1-2H3,(H,20,22);1H. The first kappa shape index (κ1) is 20.2. The van der Waals surface area contributed by atoms with E-state index in [9.17, 15) is 13.2 Å². The molecule has 1 aliphatic rings. The van der Waals surface area contributed by atoms with E-state index in [1.165, 1.54) is 12.1 Å². The SMILES string of the molecule is CC(C)NS(=O)(=O)c1ccc(NC(=O)c2ccc3c(c2)CCN3)cc1.Cl. The molecule has 3 rings (SSSR count). The fourth-order valence-electron chi connectivity index (χ4n) is 2.75. The van der Waals surface area contributed by atoms with Crippen molar-refractivity contribution in [1.29, 1.82) is 0 Å². The van der Waals surface area contributed by atoms with E-state index < -0.39 is 10.0 Å². The summed E-state index contributed by atoms with van der Waals surface area (Å²) < 4.78 is 26.7. The van der Waals surface area contributed by atoms with Gasteiger partial charge in [-0.2, -0.15) is 0 Å². The summed E-state index contributed by atoms with van der Waals surface area (Å²) in [4.78, 5) is 12.5. The highest BCUT2D eigenvalue weighted by Crippen LogP contribution is 2.23. The molecule has 0 atom stereocenters. The summed E-state index contributed by atoms with van der Waals surface area (Å²) in [6.45, 7) is 4.41. The van der Waals surface area contributed by atoms with E-state index in [1.54, 1.807) is 32.0 Å². The molecule has 1 aliphatic heterocycles. The molecule has 6 nitrogen and oxygen atoms in total. The van der Waals surface area contributed by atoms with Crippen LogP contribution < -0.4 is 15.4 Å². The average Bonchev–Trinajstić information content (AvgIpc) is 3.01. The Hall–Kier alpha value is -2.09. The minimum absolute atomic E-state index is 0. The highest BCUT2D eigenvalue weighted by molar-refractivity contribution is 7.89. The number of nitrogens with one attached hydrogen (secondary N) is 3. The summed E-state index contributed by atoms with van der Waals surface area (Å²) in [5, 5.41) is 6.05. The van der Waals surface area contributed by atoms with Gasteiger partial charge in [-0.25, -0.2) is 13.1 Å². The minimum atomic E-state index is -3.53. The fraction of sp³-hybridized carbons (Fsp3) is 0.278. The molecule has 2 aromatic rings. The zero-order valence-corrected chi connectivity index (χ0v) is 16.2. The van der Waals surface area contributed by atoms with Gasteiger partial charge in [0.25, 0.3) is 5.91 Å². The van der Waals surface area contributed by atoms with Crippen LogP contribution in [-0.4, -0.2) is 26.9 Å². The molecular weight excluding hydrogens is 374 g/mol. The van der Waals surface area contributed by atoms with Crippen LogP contribution in [0.4, 0.5) is 11.4 Å². The fourth-order valence-corrected chi connectivity index (χ4v) is 4.00. The van der Waals surface area contributed by atoms with E-state index in [1.807, 2.05) is 12.1 Å². The molecule has 0 bridgehead atoms. The van der Waals surface area contributed by atoms with Crippen molar-refractivity contribution < 1.29 is 13.2 Å². The Labute approximate surface area is 159 Å². The number of anilines is 2. The lowest BCUT2D eigenvalue weighted by molar-refractivity contribution is 0.102. The van der Waals surface area contributed by atoms with Gasteiger partial charge in [0.05, 0.1) is 4.90 Å². The Morgan fingerprint density at radius 1 is 1.12 bits per heavy atom. The van der Waals surface area contributed by atoms with Crippen molar-refractivity contribution in [1.82, 2.24) is 4.72 Å². The largest absolute Gasteiger partial charge is 0.384 e. The van der Waals surface area contributed by atoms with E-state index in [2.05, 4.69) is 15.4 Å². The van der Waals surface area contributed by atoms with Gasteiger partial charge in [-0.15, -0.1) is 12.4 Å². The number of amides is 1. The molecule has 0 radical (unpaired) electrons. The second kappa shape index (κ2) is 8.07. The van der Waals surface area contributed by atoms with Gasteiger partial charge in [0, 0.05) is 29.5 Å². The van der Waals surface area contributed by atoms with Crippen LogP contribution in [0.2, 0.25) is 0 Å². The monoisotopic (exact) mass is 395 g/mol. The first-order chi connectivity index (χ1) is 11.8. The summed E-state index contributed by atoms with van der Waals surface area (Å²) in [7, 11) is -3.53. The number of benzene rings is 2. The van der Waals surface area contributed by atoms with E-state index in [0.717, 1.165) is 24.2 Å². The Bertz CT molecular complexity index is 896. The number of carbonyl (C=O) groups is 1. The van der Waals surface area contributed by atoms with Crippen molar-refractivity contribution in [2.24, 2.45) is 0 Å². The van der Waals surface area contributed by atoms with Gasteiger partial charge in [-0.05, 0) is 68.3 Å². The van der Waals surface area contributed by atoms with Crippen molar-refractivity contribution in [3.05, 3.63) is 53.6 Å². The van der Waals surface area contributed by atoms with Crippen molar-refractivity contribution in [3.8, 4) is 0 Å². The molecule has 1 amide bonds. The van der Waals surface area contributed by atoms with Crippen LogP contribution in [0.15, 0.2) is 47.4 Å². The molecule has 3 N–H and O–H groups in total. The van der Waals surface area contributed by atoms with Crippen molar-refractivity contribution >= 4 is 39.7 Å². The Morgan fingerprint density at radius 2 is 1.81 bits per heavy atom. The second-order valence-corrected chi connectivity index (χ2v) is 8.02. The van der Waals surface area contributed by atoms with Gasteiger partial charge >= 0.3 is 0 Å². The molecule has 26 heavy (non-hydrogen) atoms. The molecule has 0 fully saturated rings. The van der Waals surface area contributed by atoms with Crippen molar-refractivity contribution in [2.75, 3.05) is 17.2 Å². The van der Waals surface area contributed by atoms with Gasteiger partial charge in [-0.1, -0.05) is 0 Å². The maximum atomic E-state index is 12.4. The summed E-state index contributed by atoms with van der Waals surface area (Å²) in [6.07, 6.45) is 0.909. The van der Waals surface area contributed by atoms with E-state index in [4.69, 9.17) is 0 Å². The molecule has 0 aliphatic carbocycles. The van der Waals surface area contributed by atoms with Crippen LogP contribution in [0.1, 0.15) is 29.8 Å². The topological polar surface area (TPSA) is 87.3 Å². The number of halogens is 1. The molecule has 0 saturated carbocycles. The summed E-state index contributed by atoms with van der Waals surface area (Å²) in [6, 6.07) is 11.5. The van der Waals surface area contributed by atoms with Gasteiger partial charge in [-0.3, -0.25) is 4.79 Å². The summed E-state index contributed by atoms with van der Waals surface area (Å²) in [5.74, 6) is -0.217. The number of hydrogen-bond acceptors (Lipinski definition) is 4. The van der Waals surface area contributed by atoms with Crippen LogP contribution in [0, 0.1) is 0 Å². The Kier molecular flexibility index (Phi) is 6.28. The van der Waals surface area contributed by atoms with E-state index >= 15 is 0 Å². The third-order valence-electron chi connectivity index (χ3n) is 3.89. The van der Waals surface area contributed by atoms with Crippen LogP contribution in [-0.2, 0) is 16.4 Å². The quantitative estimate of drug-likeness (QED) is 0.726. The molecule has 0 unspecified atom stereocenters. The summed E-state index contributed by atoms with van der Waals surface area (Å²) >= 11 is 0. The highest BCUT2D eigenvalue weighted by Gasteiger charge is 2.16. The van der Waals surface area contributed by atoms with Crippen LogP contribution >= 0.6 is 12.4 Å². The first-order valence-corrected chi connectivity index (χ1v) is 9.64. The van der Waals surface area contributed by atoms with Crippen LogP contribution in [0.3, 0.4) is 0 Å². The van der Waals surface area contributed by atoms with E-state index in [-0.39, 0.29) is 29.3 Å². The lowest BCUT2D eigenvalue weighted by Crippen LogP contribution is -2.30. The molecular formula is C18H22ClN3O3S. The first-order valence-electron chi connectivity index (χ1n) is 8.16. The van der Waals surface area contributed by atoms with Gasteiger partial charge < -0.3 is 10.6 Å². The maximum Gasteiger partial charge on any atom is 0.255 e. The zero-order valence-electron chi connectivity index (χ0n) is 14.6. The molecule has 140 valence electrons. The molecule has 8 heteroatoms. The van der Waals surface area contributed by atoms with Gasteiger partial charge in [0.15, 0.2) is 0 Å². The Balaban J connectivity index is 0.00000243. The molecule has 0 saturated heterocycles. The maximum absolute atomic E-state index is 12.4. The predicted molar refractivity (Wildman–Crippen MR) is 106 cm³/mol. The number of hydrogen-bond donors (Lipinski definition) is 3. The molecule has 2 aromatic carbocycles. The zero-order chi connectivity index (χ0) is 18.0. The summed E-state index contributed by atoms with van der Waals surface area (Å²) in [5.41, 5.74) is 3.34. The molecule has 1 heterocycles. The molecule has 0 aromatic heterocycles. The number of carbonyl (C=O) groups excluding carboxylic acids is 1. The molecule has 0 spiro atoms. The smallest absolute Gasteiger partial charge is 0.255 e. The van der Waals surface area contributed by atoms with Crippen molar-refractivity contribution in [3.63, 3.8) is 0 Å². The third-order valence-corrected chi connectivity index (χ3v) is 5.57. The third kappa shape index (κ3) is 4.55. The Morgan fingerprint density at radius 3 is 2.46 bits per heavy atom. The average molecular weight is 396 g/mol. The highest BCUT2D eigenvalue weighted by atomic mass is 35.5. The minimum Gasteiger partial charge on any atom is -0.384 e. The predicted octanol–water partition coefficient (Wildman–Crippen LogP) is 3.02. The number of fused-ring (bicyclic) bond motifs is 1. The van der Waals surface area contributed by atoms with Gasteiger partial charge in [0.2, 0.25) is 10.0 Å². The number of sulfonamides is 1. The van der Waals surface area contributed by atoms with Crippen LogP contribution in [0.5, 0.6) is 0 Å². The number of rotatable bonds is 5. The van der Waals surface area contributed by atoms with Crippen LogP contribution in [0.25, 0.3) is 0 Å². The van der Waals surface area contributed by atoms with Gasteiger partial charge in [0.1, 0.15) is 0 Å².